The molecule has 0 radical (unpaired) electrons. The van der Waals surface area contributed by atoms with Crippen molar-refractivity contribution in [1.29, 1.82) is 0 Å². The van der Waals surface area contributed by atoms with E-state index in [0.29, 0.717) is 0 Å². The van der Waals surface area contributed by atoms with Gasteiger partial charge in [0, 0.05) is 25.2 Å². The molecule has 0 aliphatic heterocycles. The van der Waals surface area contributed by atoms with Gasteiger partial charge in [0.25, 0.3) is 0 Å². The van der Waals surface area contributed by atoms with Crippen molar-refractivity contribution in [1.82, 2.24) is 4.90 Å². The van der Waals surface area contributed by atoms with Gasteiger partial charge in [-0.25, -0.2) is 0 Å². The molecule has 0 spiro atoms. The van der Waals surface area contributed by atoms with Crippen molar-refractivity contribution in [2.45, 2.75) is 64.0 Å². The summed E-state index contributed by atoms with van der Waals surface area (Å²) in [6.45, 7) is 4.36. The van der Waals surface area contributed by atoms with Crippen molar-refractivity contribution in [3.05, 3.63) is 0 Å². The fourth-order valence-corrected chi connectivity index (χ4v) is 3.10. The molecule has 88 valence electrons. The lowest BCUT2D eigenvalue weighted by Crippen LogP contribution is -2.49. The Morgan fingerprint density at radius 2 is 1.60 bits per heavy atom. The lowest BCUT2D eigenvalue weighted by Gasteiger charge is -2.44. The van der Waals surface area contributed by atoms with Crippen LogP contribution in [0.1, 0.15) is 51.9 Å². The first kappa shape index (κ1) is 11.4. The van der Waals surface area contributed by atoms with E-state index in [9.17, 15) is 0 Å². The first-order chi connectivity index (χ1) is 7.31. The molecule has 2 fully saturated rings. The smallest absolute Gasteiger partial charge is 0.0110 e. The van der Waals surface area contributed by atoms with Crippen molar-refractivity contribution < 1.29 is 0 Å². The van der Waals surface area contributed by atoms with Gasteiger partial charge in [-0.15, -0.1) is 0 Å². The van der Waals surface area contributed by atoms with Gasteiger partial charge in [-0.1, -0.05) is 13.3 Å². The van der Waals surface area contributed by atoms with Crippen LogP contribution < -0.4 is 5.73 Å². The predicted octanol–water partition coefficient (Wildman–Crippen LogP) is 2.38. The second kappa shape index (κ2) is 5.31. The lowest BCUT2D eigenvalue weighted by atomic mass is 9.83. The fraction of sp³-hybridized carbons (Fsp3) is 1.00. The van der Waals surface area contributed by atoms with Crippen LogP contribution in [0.5, 0.6) is 0 Å². The minimum absolute atomic E-state index is 0.836. The van der Waals surface area contributed by atoms with E-state index in [1.165, 1.54) is 44.9 Å². The van der Waals surface area contributed by atoms with Crippen molar-refractivity contribution >= 4 is 0 Å². The second-order valence-corrected chi connectivity index (χ2v) is 5.52. The third kappa shape index (κ3) is 2.73. The Balaban J connectivity index is 1.86. The molecule has 0 bridgehead atoms. The molecule has 2 N–H and O–H groups in total. The zero-order valence-electron chi connectivity index (χ0n) is 10.1. The molecule has 15 heavy (non-hydrogen) atoms. The molecule has 0 heterocycles. The third-order valence-electron chi connectivity index (χ3n) is 4.39. The predicted molar refractivity (Wildman–Crippen MR) is 64.8 cm³/mol. The van der Waals surface area contributed by atoms with Gasteiger partial charge in [-0.2, -0.15) is 0 Å². The Morgan fingerprint density at radius 3 is 2.07 bits per heavy atom. The summed E-state index contributed by atoms with van der Waals surface area (Å²) in [4.78, 5) is 2.73. The summed E-state index contributed by atoms with van der Waals surface area (Å²) in [5.74, 6) is 0.961. The number of rotatable bonds is 4. The van der Waals surface area contributed by atoms with Gasteiger partial charge in [0.2, 0.25) is 0 Å². The normalized spacial score (nSPS) is 33.0. The van der Waals surface area contributed by atoms with E-state index in [1.54, 1.807) is 0 Å². The van der Waals surface area contributed by atoms with E-state index < -0.39 is 0 Å². The number of hydrogen-bond donors (Lipinski definition) is 1. The monoisotopic (exact) mass is 210 g/mol. The standard InChI is InChI=1S/C13H26N2/c1-11-5-7-13(8-6-11)15(10-9-14)12-3-2-4-12/h11-13H,2-10,14H2,1H3. The molecular weight excluding hydrogens is 184 g/mol. The van der Waals surface area contributed by atoms with E-state index in [-0.39, 0.29) is 0 Å². The van der Waals surface area contributed by atoms with E-state index in [1.807, 2.05) is 0 Å². The number of hydrogen-bond acceptors (Lipinski definition) is 2. The molecule has 0 amide bonds. The molecule has 0 saturated heterocycles. The van der Waals surface area contributed by atoms with Crippen LogP contribution >= 0.6 is 0 Å². The summed E-state index contributed by atoms with van der Waals surface area (Å²) < 4.78 is 0. The van der Waals surface area contributed by atoms with Crippen LogP contribution in [0.25, 0.3) is 0 Å². The first-order valence-corrected chi connectivity index (χ1v) is 6.77. The Labute approximate surface area is 94.2 Å². The van der Waals surface area contributed by atoms with Crippen molar-refractivity contribution in [2.75, 3.05) is 13.1 Å². The van der Waals surface area contributed by atoms with Crippen molar-refractivity contribution in [3.8, 4) is 0 Å². The summed E-state index contributed by atoms with van der Waals surface area (Å²) in [5.41, 5.74) is 5.74. The first-order valence-electron chi connectivity index (χ1n) is 6.77. The molecule has 2 aliphatic carbocycles. The summed E-state index contributed by atoms with van der Waals surface area (Å²) in [6.07, 6.45) is 9.97. The highest BCUT2D eigenvalue weighted by Crippen LogP contribution is 2.33. The van der Waals surface area contributed by atoms with Gasteiger partial charge in [-0.05, 0) is 44.4 Å². The van der Waals surface area contributed by atoms with Crippen LogP contribution in [0.2, 0.25) is 0 Å². The molecule has 0 aromatic carbocycles. The minimum Gasteiger partial charge on any atom is -0.329 e. The SMILES string of the molecule is CC1CCC(N(CCN)C2CCC2)CC1. The van der Waals surface area contributed by atoms with Gasteiger partial charge >= 0.3 is 0 Å². The van der Waals surface area contributed by atoms with E-state index in [4.69, 9.17) is 5.73 Å². The molecule has 0 aromatic heterocycles. The summed E-state index contributed by atoms with van der Waals surface area (Å²) in [6, 6.07) is 1.74. The van der Waals surface area contributed by atoms with Gasteiger partial charge < -0.3 is 5.73 Å². The lowest BCUT2D eigenvalue weighted by molar-refractivity contribution is 0.0557. The average molecular weight is 210 g/mol. The molecule has 2 aliphatic rings. The molecule has 2 heteroatoms. The van der Waals surface area contributed by atoms with Crippen molar-refractivity contribution in [3.63, 3.8) is 0 Å². The van der Waals surface area contributed by atoms with Gasteiger partial charge in [0.05, 0.1) is 0 Å². The molecule has 2 saturated carbocycles. The molecule has 0 aromatic rings. The van der Waals surface area contributed by atoms with Crippen LogP contribution in [0.15, 0.2) is 0 Å². The van der Waals surface area contributed by atoms with Crippen LogP contribution in [0, 0.1) is 5.92 Å². The molecule has 2 nitrogen and oxygen atoms in total. The van der Waals surface area contributed by atoms with E-state index in [2.05, 4.69) is 11.8 Å². The van der Waals surface area contributed by atoms with Gasteiger partial charge in [0.1, 0.15) is 0 Å². The summed E-state index contributed by atoms with van der Waals surface area (Å²) in [7, 11) is 0. The van der Waals surface area contributed by atoms with Crippen LogP contribution in [-0.2, 0) is 0 Å². The largest absolute Gasteiger partial charge is 0.329 e. The topological polar surface area (TPSA) is 29.3 Å². The number of nitrogens with zero attached hydrogens (tertiary/aromatic N) is 1. The maximum Gasteiger partial charge on any atom is 0.0110 e. The van der Waals surface area contributed by atoms with Gasteiger partial charge in [0.15, 0.2) is 0 Å². The average Bonchev–Trinajstić information content (AvgIpc) is 2.16. The highest BCUT2D eigenvalue weighted by Gasteiger charge is 2.31. The summed E-state index contributed by atoms with van der Waals surface area (Å²) >= 11 is 0. The number of nitrogens with two attached hydrogens (primary N) is 1. The van der Waals surface area contributed by atoms with E-state index in [0.717, 1.165) is 31.1 Å². The third-order valence-corrected chi connectivity index (χ3v) is 4.39. The highest BCUT2D eigenvalue weighted by molar-refractivity contribution is 4.87. The van der Waals surface area contributed by atoms with E-state index >= 15 is 0 Å². The quantitative estimate of drug-likeness (QED) is 0.772. The highest BCUT2D eigenvalue weighted by atomic mass is 15.2. The molecule has 2 rings (SSSR count). The fourth-order valence-electron chi connectivity index (χ4n) is 3.10. The van der Waals surface area contributed by atoms with Crippen LogP contribution in [-0.4, -0.2) is 30.1 Å². The Hall–Kier alpha value is -0.0800. The molecule has 0 atom stereocenters. The molecular formula is C13H26N2. The molecule has 0 unspecified atom stereocenters. The van der Waals surface area contributed by atoms with Gasteiger partial charge in [-0.3, -0.25) is 4.90 Å². The maximum atomic E-state index is 5.74. The van der Waals surface area contributed by atoms with Crippen molar-refractivity contribution in [2.24, 2.45) is 11.7 Å². The zero-order chi connectivity index (χ0) is 10.7. The zero-order valence-corrected chi connectivity index (χ0v) is 10.1. The minimum atomic E-state index is 0.836. The summed E-state index contributed by atoms with van der Waals surface area (Å²) in [5, 5.41) is 0. The Kier molecular flexibility index (Phi) is 4.04. The van der Waals surface area contributed by atoms with Crippen LogP contribution in [0.3, 0.4) is 0 Å². The second-order valence-electron chi connectivity index (χ2n) is 5.52. The Morgan fingerprint density at radius 1 is 1.00 bits per heavy atom. The van der Waals surface area contributed by atoms with Crippen LogP contribution in [0.4, 0.5) is 0 Å². The maximum absolute atomic E-state index is 5.74. The Bertz CT molecular complexity index is 181.